The summed E-state index contributed by atoms with van der Waals surface area (Å²) < 4.78 is 11.0. The van der Waals surface area contributed by atoms with E-state index in [1.165, 1.54) is 0 Å². The van der Waals surface area contributed by atoms with Crippen molar-refractivity contribution in [1.82, 2.24) is 0 Å². The van der Waals surface area contributed by atoms with Crippen LogP contribution in [-0.2, 0) is 4.74 Å². The van der Waals surface area contributed by atoms with Crippen molar-refractivity contribution in [3.8, 4) is 5.75 Å². The van der Waals surface area contributed by atoms with Gasteiger partial charge in [-0.25, -0.2) is 0 Å². The summed E-state index contributed by atoms with van der Waals surface area (Å²) in [5.41, 5.74) is 4.82. The Hall–Kier alpha value is -1.18. The average Bonchev–Trinajstić information content (AvgIpc) is 2.55. The Bertz CT molecular complexity index is 577. The van der Waals surface area contributed by atoms with Crippen LogP contribution in [-0.4, -0.2) is 49.3 Å². The fourth-order valence-electron chi connectivity index (χ4n) is 2.38. The number of nitrogens with zero attached hydrogens (tertiary/aromatic N) is 3. The minimum atomic E-state index is -0.0701. The van der Waals surface area contributed by atoms with Gasteiger partial charge in [-0.2, -0.15) is 10.2 Å². The molecule has 0 aliphatic carbocycles. The lowest BCUT2D eigenvalue weighted by Crippen LogP contribution is -2.40. The van der Waals surface area contributed by atoms with Crippen molar-refractivity contribution in [3.63, 3.8) is 0 Å². The molecule has 1 atom stereocenters. The molecule has 112 valence electrons. The smallest absolute Gasteiger partial charge is 0.142 e. The van der Waals surface area contributed by atoms with Crippen LogP contribution < -0.4 is 9.64 Å². The van der Waals surface area contributed by atoms with E-state index < -0.39 is 0 Å². The number of anilines is 1. The van der Waals surface area contributed by atoms with Gasteiger partial charge in [0.15, 0.2) is 0 Å². The first kappa shape index (κ1) is 14.7. The Morgan fingerprint density at radius 3 is 3.10 bits per heavy atom. The second kappa shape index (κ2) is 6.72. The summed E-state index contributed by atoms with van der Waals surface area (Å²) in [4.78, 5) is 2.24. The standard InChI is InChI=1S/C14H17N3O2S2/c1-18-13-3-2-10(11-8-21-9-15-16-11)6-12(13)17-4-5-19-14(20)7-17/h2-3,6,9,14,20H,4-5,7-8H2,1H3. The summed E-state index contributed by atoms with van der Waals surface area (Å²) in [5.74, 6) is 1.70. The van der Waals surface area contributed by atoms with Gasteiger partial charge in [0.2, 0.25) is 0 Å². The lowest BCUT2D eigenvalue weighted by Gasteiger charge is -2.33. The van der Waals surface area contributed by atoms with Crippen molar-refractivity contribution < 1.29 is 9.47 Å². The first-order valence-corrected chi connectivity index (χ1v) is 8.27. The van der Waals surface area contributed by atoms with Gasteiger partial charge in [-0.3, -0.25) is 0 Å². The third-order valence-corrected chi connectivity index (χ3v) is 4.42. The largest absolute Gasteiger partial charge is 0.495 e. The van der Waals surface area contributed by atoms with Gasteiger partial charge in [-0.15, -0.1) is 24.4 Å². The number of rotatable bonds is 3. The van der Waals surface area contributed by atoms with E-state index in [9.17, 15) is 0 Å². The molecule has 0 amide bonds. The SMILES string of the molecule is COc1ccc(C2=NN=CSC2)cc1N1CCOC(S)C1. The number of thioether (sulfide) groups is 1. The molecule has 1 aromatic rings. The number of hydrogen-bond donors (Lipinski definition) is 1. The van der Waals surface area contributed by atoms with E-state index in [1.54, 1.807) is 24.4 Å². The molecule has 0 bridgehead atoms. The van der Waals surface area contributed by atoms with E-state index in [-0.39, 0.29) is 5.44 Å². The van der Waals surface area contributed by atoms with Crippen LogP contribution in [0.1, 0.15) is 5.56 Å². The maximum atomic E-state index is 5.49. The molecule has 0 saturated carbocycles. The van der Waals surface area contributed by atoms with Crippen LogP contribution in [0.3, 0.4) is 0 Å². The van der Waals surface area contributed by atoms with Crippen LogP contribution in [0, 0.1) is 0 Å². The zero-order valence-electron chi connectivity index (χ0n) is 11.7. The topological polar surface area (TPSA) is 46.4 Å². The van der Waals surface area contributed by atoms with E-state index in [0.717, 1.165) is 41.6 Å². The van der Waals surface area contributed by atoms with Crippen LogP contribution >= 0.6 is 24.4 Å². The molecule has 0 radical (unpaired) electrons. The van der Waals surface area contributed by atoms with E-state index in [1.807, 2.05) is 12.1 Å². The molecule has 0 spiro atoms. The van der Waals surface area contributed by atoms with E-state index in [4.69, 9.17) is 9.47 Å². The maximum Gasteiger partial charge on any atom is 0.142 e. The maximum absolute atomic E-state index is 5.49. The highest BCUT2D eigenvalue weighted by Gasteiger charge is 2.21. The molecule has 1 saturated heterocycles. The highest BCUT2D eigenvalue weighted by molar-refractivity contribution is 8.12. The number of ether oxygens (including phenoxy) is 2. The minimum absolute atomic E-state index is 0.0701. The third kappa shape index (κ3) is 3.36. The zero-order valence-corrected chi connectivity index (χ0v) is 13.4. The Balaban J connectivity index is 1.93. The van der Waals surface area contributed by atoms with Gasteiger partial charge in [0.1, 0.15) is 11.2 Å². The molecule has 1 unspecified atom stereocenters. The van der Waals surface area contributed by atoms with Crippen molar-refractivity contribution >= 4 is 41.3 Å². The van der Waals surface area contributed by atoms with Crippen molar-refractivity contribution in [2.45, 2.75) is 5.44 Å². The molecular formula is C14H17N3O2S2. The van der Waals surface area contributed by atoms with Crippen LogP contribution in [0.25, 0.3) is 0 Å². The molecule has 0 N–H and O–H groups in total. The molecule has 2 aliphatic heterocycles. The fourth-order valence-corrected chi connectivity index (χ4v) is 3.25. The van der Waals surface area contributed by atoms with E-state index >= 15 is 0 Å². The van der Waals surface area contributed by atoms with Crippen LogP contribution in [0.4, 0.5) is 5.69 Å². The zero-order chi connectivity index (χ0) is 14.7. The predicted octanol–water partition coefficient (Wildman–Crippen LogP) is 2.27. The van der Waals surface area contributed by atoms with E-state index in [2.05, 4.69) is 33.8 Å². The molecule has 21 heavy (non-hydrogen) atoms. The predicted molar refractivity (Wildman–Crippen MR) is 91.4 cm³/mol. The van der Waals surface area contributed by atoms with Crippen molar-refractivity contribution in [2.75, 3.05) is 37.5 Å². The molecule has 5 nitrogen and oxygen atoms in total. The molecule has 7 heteroatoms. The Labute approximate surface area is 133 Å². The van der Waals surface area contributed by atoms with Crippen molar-refractivity contribution in [2.24, 2.45) is 10.2 Å². The third-order valence-electron chi connectivity index (χ3n) is 3.42. The molecule has 2 heterocycles. The highest BCUT2D eigenvalue weighted by Crippen LogP contribution is 2.31. The molecule has 2 aliphatic rings. The van der Waals surface area contributed by atoms with Crippen LogP contribution in [0.5, 0.6) is 5.75 Å². The van der Waals surface area contributed by atoms with Gasteiger partial charge in [0.05, 0.1) is 37.2 Å². The first-order chi connectivity index (χ1) is 10.3. The van der Waals surface area contributed by atoms with Crippen LogP contribution in [0.15, 0.2) is 28.4 Å². The summed E-state index contributed by atoms with van der Waals surface area (Å²) in [5, 5.41) is 8.20. The number of benzene rings is 1. The van der Waals surface area contributed by atoms with Gasteiger partial charge in [0.25, 0.3) is 0 Å². The summed E-state index contributed by atoms with van der Waals surface area (Å²) in [6.07, 6.45) is 0. The average molecular weight is 323 g/mol. The molecule has 0 aromatic heterocycles. The summed E-state index contributed by atoms with van der Waals surface area (Å²) in [7, 11) is 1.69. The van der Waals surface area contributed by atoms with Crippen molar-refractivity contribution in [3.05, 3.63) is 23.8 Å². The Morgan fingerprint density at radius 2 is 2.38 bits per heavy atom. The number of methoxy groups -OCH3 is 1. The summed E-state index contributed by atoms with van der Waals surface area (Å²) in [6, 6.07) is 6.13. The lowest BCUT2D eigenvalue weighted by molar-refractivity contribution is 0.0995. The van der Waals surface area contributed by atoms with E-state index in [0.29, 0.717) is 6.61 Å². The lowest BCUT2D eigenvalue weighted by atomic mass is 10.1. The number of hydrogen-bond acceptors (Lipinski definition) is 7. The van der Waals surface area contributed by atoms with Gasteiger partial charge in [-0.05, 0) is 18.2 Å². The van der Waals surface area contributed by atoms with Crippen molar-refractivity contribution in [1.29, 1.82) is 0 Å². The minimum Gasteiger partial charge on any atom is -0.495 e. The molecule has 1 fully saturated rings. The second-order valence-electron chi connectivity index (χ2n) is 4.74. The quantitative estimate of drug-likeness (QED) is 0.867. The monoisotopic (exact) mass is 323 g/mol. The van der Waals surface area contributed by atoms with Crippen LogP contribution in [0.2, 0.25) is 0 Å². The molecular weight excluding hydrogens is 306 g/mol. The van der Waals surface area contributed by atoms with Gasteiger partial charge < -0.3 is 14.4 Å². The first-order valence-electron chi connectivity index (χ1n) is 6.71. The fraction of sp³-hybridized carbons (Fsp3) is 0.429. The van der Waals surface area contributed by atoms with Gasteiger partial charge in [-0.1, -0.05) is 0 Å². The normalized spacial score (nSPS) is 22.1. The van der Waals surface area contributed by atoms with Gasteiger partial charge in [0, 0.05) is 17.9 Å². The second-order valence-corrected chi connectivity index (χ2v) is 6.15. The highest BCUT2D eigenvalue weighted by atomic mass is 32.2. The Morgan fingerprint density at radius 1 is 1.48 bits per heavy atom. The summed E-state index contributed by atoms with van der Waals surface area (Å²) >= 11 is 6.06. The summed E-state index contributed by atoms with van der Waals surface area (Å²) in [6.45, 7) is 2.24. The number of morpholine rings is 1. The molecule has 1 aromatic carbocycles. The molecule has 3 rings (SSSR count). The number of thiol groups is 1. The van der Waals surface area contributed by atoms with Gasteiger partial charge >= 0.3 is 0 Å². The Kier molecular flexibility index (Phi) is 4.72.